The molecule has 0 fully saturated rings. The molecule has 3 rings (SSSR count). The summed E-state index contributed by atoms with van der Waals surface area (Å²) in [5.74, 6) is 2.14. The fraction of sp³-hybridized carbons (Fsp3) is 0.238. The molecule has 0 aliphatic heterocycles. The Morgan fingerprint density at radius 3 is 1.68 bits per heavy atom. The second-order valence-corrected chi connectivity index (χ2v) is 8.29. The van der Waals surface area contributed by atoms with Crippen molar-refractivity contribution in [2.24, 2.45) is 0 Å². The smallest absolute Gasteiger partial charge is 0.116 e. The number of thioether (sulfide) groups is 2. The summed E-state index contributed by atoms with van der Waals surface area (Å²) in [6, 6.07) is 17.2. The third-order valence-electron chi connectivity index (χ3n) is 3.92. The molecule has 1 aromatic heterocycles. The van der Waals surface area contributed by atoms with E-state index in [4.69, 9.17) is 0 Å². The molecular weight excluding hydrogens is 344 g/mol. The van der Waals surface area contributed by atoms with Gasteiger partial charge in [0.15, 0.2) is 0 Å². The maximum Gasteiger partial charge on any atom is 0.116 e. The Bertz CT molecular complexity index is 794. The van der Waals surface area contributed by atoms with Crippen LogP contribution in [-0.4, -0.2) is 21.5 Å². The van der Waals surface area contributed by atoms with Gasteiger partial charge >= 0.3 is 0 Å². The number of benzene rings is 2. The van der Waals surface area contributed by atoms with E-state index in [1.54, 1.807) is 6.33 Å². The first-order valence-electron chi connectivity index (χ1n) is 8.51. The van der Waals surface area contributed by atoms with Gasteiger partial charge in [-0.3, -0.25) is 0 Å². The minimum Gasteiger partial charge on any atom is -0.236 e. The fourth-order valence-electron chi connectivity index (χ4n) is 2.83. The highest BCUT2D eigenvalue weighted by Gasteiger charge is 2.12. The zero-order valence-corrected chi connectivity index (χ0v) is 16.5. The number of nitrogens with zero attached hydrogens (tertiary/aromatic N) is 2. The number of hydrogen-bond donors (Lipinski definition) is 0. The molecule has 2 aromatic carbocycles. The summed E-state index contributed by atoms with van der Waals surface area (Å²) < 4.78 is 0. The highest BCUT2D eigenvalue weighted by Crippen LogP contribution is 2.32. The van der Waals surface area contributed by atoms with Crippen molar-refractivity contribution >= 4 is 23.5 Å². The van der Waals surface area contributed by atoms with E-state index in [1.807, 2.05) is 23.5 Å². The summed E-state index contributed by atoms with van der Waals surface area (Å²) in [4.78, 5) is 11.7. The molecule has 0 N–H and O–H groups in total. The van der Waals surface area contributed by atoms with E-state index in [0.717, 1.165) is 39.6 Å². The van der Waals surface area contributed by atoms with Gasteiger partial charge in [0, 0.05) is 26.5 Å². The van der Waals surface area contributed by atoms with Gasteiger partial charge < -0.3 is 0 Å². The van der Waals surface area contributed by atoms with Gasteiger partial charge in [0.2, 0.25) is 0 Å². The Morgan fingerprint density at radius 2 is 1.24 bits per heavy atom. The predicted octanol–water partition coefficient (Wildman–Crippen LogP) is 6.34. The van der Waals surface area contributed by atoms with Crippen LogP contribution in [0.2, 0.25) is 0 Å². The zero-order valence-electron chi connectivity index (χ0n) is 14.8. The average molecular weight is 367 g/mol. The van der Waals surface area contributed by atoms with E-state index in [-0.39, 0.29) is 0 Å². The molecule has 0 radical (unpaired) electrons. The maximum absolute atomic E-state index is 4.57. The van der Waals surface area contributed by atoms with Crippen LogP contribution in [0.15, 0.2) is 64.6 Å². The topological polar surface area (TPSA) is 25.8 Å². The molecular formula is C21H22N2S2. The lowest BCUT2D eigenvalue weighted by Gasteiger charge is -2.11. The average Bonchev–Trinajstić information content (AvgIpc) is 2.63. The van der Waals surface area contributed by atoms with Gasteiger partial charge in [-0.15, -0.1) is 23.5 Å². The Hall–Kier alpha value is -1.78. The molecule has 2 nitrogen and oxygen atoms in total. The number of hydrogen-bond acceptors (Lipinski definition) is 4. The number of rotatable bonds is 6. The van der Waals surface area contributed by atoms with Crippen LogP contribution in [0.25, 0.3) is 22.5 Å². The second-order valence-electron chi connectivity index (χ2n) is 5.62. The minimum absolute atomic E-state index is 1.01. The van der Waals surface area contributed by atoms with Gasteiger partial charge in [-0.1, -0.05) is 38.1 Å². The molecule has 4 heteroatoms. The van der Waals surface area contributed by atoms with Gasteiger partial charge in [0.1, 0.15) is 6.33 Å². The summed E-state index contributed by atoms with van der Waals surface area (Å²) in [6.45, 7) is 6.46. The Balaban J connectivity index is 2.03. The molecule has 25 heavy (non-hydrogen) atoms. The zero-order chi connectivity index (χ0) is 17.6. The Labute approximate surface area is 158 Å². The summed E-state index contributed by atoms with van der Waals surface area (Å²) in [7, 11) is 0. The second kappa shape index (κ2) is 8.54. The van der Waals surface area contributed by atoms with E-state index in [2.05, 4.69) is 79.3 Å². The van der Waals surface area contributed by atoms with Crippen LogP contribution >= 0.6 is 23.5 Å². The van der Waals surface area contributed by atoms with Crippen LogP contribution in [0.3, 0.4) is 0 Å². The lowest BCUT2D eigenvalue weighted by atomic mass is 10.0. The van der Waals surface area contributed by atoms with E-state index in [1.165, 1.54) is 9.79 Å². The van der Waals surface area contributed by atoms with Crippen molar-refractivity contribution in [1.29, 1.82) is 0 Å². The molecule has 0 aliphatic carbocycles. The van der Waals surface area contributed by atoms with Crippen molar-refractivity contribution in [1.82, 2.24) is 9.97 Å². The summed E-state index contributed by atoms with van der Waals surface area (Å²) >= 11 is 3.70. The van der Waals surface area contributed by atoms with Crippen LogP contribution in [0, 0.1) is 6.92 Å². The van der Waals surface area contributed by atoms with Crippen LogP contribution in [0.5, 0.6) is 0 Å². The first-order chi connectivity index (χ1) is 12.2. The van der Waals surface area contributed by atoms with Crippen molar-refractivity contribution in [3.63, 3.8) is 0 Å². The van der Waals surface area contributed by atoms with Crippen molar-refractivity contribution in [3.8, 4) is 22.5 Å². The summed E-state index contributed by atoms with van der Waals surface area (Å²) in [6.07, 6.45) is 1.68. The molecule has 1 heterocycles. The van der Waals surface area contributed by atoms with Gasteiger partial charge in [-0.25, -0.2) is 9.97 Å². The first kappa shape index (κ1) is 18.0. The highest BCUT2D eigenvalue weighted by molar-refractivity contribution is 7.99. The Morgan fingerprint density at radius 1 is 0.760 bits per heavy atom. The molecule has 0 atom stereocenters. The SMILES string of the molecule is CCSc1cccc(-c2ncnc(-c3cccc(SCC)c3)c2C)c1. The largest absolute Gasteiger partial charge is 0.236 e. The monoisotopic (exact) mass is 366 g/mol. The van der Waals surface area contributed by atoms with E-state index in [0.29, 0.717) is 0 Å². The summed E-state index contributed by atoms with van der Waals surface area (Å²) in [5.41, 5.74) is 5.45. The van der Waals surface area contributed by atoms with Gasteiger partial charge in [-0.2, -0.15) is 0 Å². The van der Waals surface area contributed by atoms with Gasteiger partial charge in [0.25, 0.3) is 0 Å². The Kier molecular flexibility index (Phi) is 6.16. The molecule has 0 saturated heterocycles. The summed E-state index contributed by atoms with van der Waals surface area (Å²) in [5, 5.41) is 0. The predicted molar refractivity (Wildman–Crippen MR) is 110 cm³/mol. The van der Waals surface area contributed by atoms with Crippen LogP contribution in [0.1, 0.15) is 19.4 Å². The van der Waals surface area contributed by atoms with Gasteiger partial charge in [-0.05, 0) is 42.7 Å². The standard InChI is InChI=1S/C21H22N2S2/c1-4-24-18-10-6-8-16(12-18)20-15(3)21(23-14-22-20)17-9-7-11-19(13-17)25-5-2/h6-14H,4-5H2,1-3H3. The first-order valence-corrected chi connectivity index (χ1v) is 10.5. The molecule has 0 spiro atoms. The van der Waals surface area contributed by atoms with Crippen molar-refractivity contribution in [3.05, 3.63) is 60.4 Å². The highest BCUT2D eigenvalue weighted by atomic mass is 32.2. The fourth-order valence-corrected chi connectivity index (χ4v) is 4.27. The third kappa shape index (κ3) is 4.25. The molecule has 0 unspecified atom stereocenters. The van der Waals surface area contributed by atoms with Crippen LogP contribution in [0.4, 0.5) is 0 Å². The number of aromatic nitrogens is 2. The molecule has 0 aliphatic rings. The minimum atomic E-state index is 1.01. The molecule has 3 aromatic rings. The molecule has 0 saturated carbocycles. The lowest BCUT2D eigenvalue weighted by molar-refractivity contribution is 1.14. The third-order valence-corrected chi connectivity index (χ3v) is 5.67. The van der Waals surface area contributed by atoms with Crippen LogP contribution in [-0.2, 0) is 0 Å². The maximum atomic E-state index is 4.57. The van der Waals surface area contributed by atoms with E-state index < -0.39 is 0 Å². The van der Waals surface area contributed by atoms with E-state index >= 15 is 0 Å². The van der Waals surface area contributed by atoms with E-state index in [9.17, 15) is 0 Å². The van der Waals surface area contributed by atoms with Gasteiger partial charge in [0.05, 0.1) is 11.4 Å². The quantitative estimate of drug-likeness (QED) is 0.475. The molecule has 0 amide bonds. The van der Waals surface area contributed by atoms with Crippen molar-refractivity contribution in [2.45, 2.75) is 30.6 Å². The van der Waals surface area contributed by atoms with Crippen LogP contribution < -0.4 is 0 Å². The normalized spacial score (nSPS) is 10.8. The molecule has 128 valence electrons. The van der Waals surface area contributed by atoms with Crippen molar-refractivity contribution in [2.75, 3.05) is 11.5 Å². The molecule has 0 bridgehead atoms. The lowest BCUT2D eigenvalue weighted by Crippen LogP contribution is -1.96. The van der Waals surface area contributed by atoms with Crippen molar-refractivity contribution < 1.29 is 0 Å².